The molecule has 4 fully saturated rings. The van der Waals surface area contributed by atoms with Crippen molar-refractivity contribution in [3.05, 3.63) is 47.7 Å². The number of phenolic OH excluding ortho intramolecular Hbond substituents is 1. The van der Waals surface area contributed by atoms with Gasteiger partial charge in [-0.25, -0.2) is 8.78 Å². The lowest BCUT2D eigenvalue weighted by Gasteiger charge is -2.50. The van der Waals surface area contributed by atoms with Gasteiger partial charge in [-0.05, 0) is 106 Å². The van der Waals surface area contributed by atoms with Gasteiger partial charge in [-0.3, -0.25) is 9.88 Å². The molecule has 0 bridgehead atoms. The zero-order chi connectivity index (χ0) is 34.6. The number of aliphatic hydroxyl groups is 1. The summed E-state index contributed by atoms with van der Waals surface area (Å²) >= 11 is 0. The van der Waals surface area contributed by atoms with Gasteiger partial charge in [0.1, 0.15) is 28.6 Å². The SMILES string of the molecule is CCc1c(F)ccc2cc(O)cc(-c3ncc4c(N5CCC[C@@](C)(O)C5)nc(OCC56CCCC5N(C5CCOCC5)CCC6)nc4c3F)c12. The van der Waals surface area contributed by atoms with Crippen molar-refractivity contribution in [1.29, 1.82) is 0 Å². The summed E-state index contributed by atoms with van der Waals surface area (Å²) in [5, 5.41) is 23.2. The number of likely N-dealkylation sites (tertiary alicyclic amines) is 1. The first-order valence-corrected chi connectivity index (χ1v) is 18.4. The van der Waals surface area contributed by atoms with Crippen molar-refractivity contribution in [3.8, 4) is 23.0 Å². The summed E-state index contributed by atoms with van der Waals surface area (Å²) in [5.74, 6) is -0.693. The molecule has 8 rings (SSSR count). The van der Waals surface area contributed by atoms with Gasteiger partial charge in [0.15, 0.2) is 5.82 Å². The third-order valence-electron chi connectivity index (χ3n) is 11.9. The molecule has 3 atom stereocenters. The van der Waals surface area contributed by atoms with Crippen molar-refractivity contribution in [2.75, 3.05) is 44.4 Å². The number of halogens is 2. The molecule has 3 saturated heterocycles. The van der Waals surface area contributed by atoms with Crippen LogP contribution in [0.15, 0.2) is 30.5 Å². The molecule has 4 aliphatic rings. The molecule has 0 amide bonds. The van der Waals surface area contributed by atoms with E-state index < -0.39 is 17.2 Å². The first-order chi connectivity index (χ1) is 24.2. The Bertz CT molecular complexity index is 1920. The van der Waals surface area contributed by atoms with E-state index in [0.29, 0.717) is 77.7 Å². The number of hydrogen-bond donors (Lipinski definition) is 2. The maximum absolute atomic E-state index is 17.0. The van der Waals surface area contributed by atoms with E-state index in [1.165, 1.54) is 12.1 Å². The van der Waals surface area contributed by atoms with Crippen LogP contribution in [0.2, 0.25) is 0 Å². The largest absolute Gasteiger partial charge is 0.508 e. The van der Waals surface area contributed by atoms with Crippen LogP contribution in [0.25, 0.3) is 32.9 Å². The number of nitrogens with zero attached hydrogens (tertiary/aromatic N) is 5. The number of fused-ring (bicyclic) bond motifs is 3. The van der Waals surface area contributed by atoms with E-state index in [1.807, 2.05) is 11.8 Å². The molecule has 3 aliphatic heterocycles. The quantitative estimate of drug-likeness (QED) is 0.214. The predicted molar refractivity (Wildman–Crippen MR) is 189 cm³/mol. The third-order valence-corrected chi connectivity index (χ3v) is 11.9. The van der Waals surface area contributed by atoms with Gasteiger partial charge >= 0.3 is 6.01 Å². The second-order valence-electron chi connectivity index (χ2n) is 15.2. The Kier molecular flexibility index (Phi) is 8.80. The lowest BCUT2D eigenvalue weighted by molar-refractivity contribution is -0.0512. The van der Waals surface area contributed by atoms with E-state index in [9.17, 15) is 10.2 Å². The molecule has 0 spiro atoms. The minimum absolute atomic E-state index is 0.0335. The average molecular weight is 688 g/mol. The minimum atomic E-state index is -0.935. The Morgan fingerprint density at radius 1 is 1.02 bits per heavy atom. The Hall–Kier alpha value is -3.67. The van der Waals surface area contributed by atoms with Crippen molar-refractivity contribution >= 4 is 27.5 Å². The van der Waals surface area contributed by atoms with Crippen molar-refractivity contribution in [3.63, 3.8) is 0 Å². The van der Waals surface area contributed by atoms with E-state index in [-0.39, 0.29) is 28.4 Å². The highest BCUT2D eigenvalue weighted by molar-refractivity contribution is 6.01. The number of rotatable bonds is 7. The van der Waals surface area contributed by atoms with Crippen LogP contribution >= 0.6 is 0 Å². The van der Waals surface area contributed by atoms with Crippen molar-refractivity contribution in [1.82, 2.24) is 19.9 Å². The zero-order valence-electron chi connectivity index (χ0n) is 29.1. The number of aromatic hydroxyl groups is 1. The van der Waals surface area contributed by atoms with Gasteiger partial charge in [-0.2, -0.15) is 9.97 Å². The van der Waals surface area contributed by atoms with Crippen LogP contribution in [0.5, 0.6) is 11.8 Å². The van der Waals surface area contributed by atoms with Gasteiger partial charge in [0.2, 0.25) is 0 Å². The number of piperidine rings is 2. The molecular formula is C39H47F2N5O4. The normalized spacial score (nSPS) is 26.5. The summed E-state index contributed by atoms with van der Waals surface area (Å²) in [6, 6.07) is 6.98. The van der Waals surface area contributed by atoms with Gasteiger partial charge in [0.05, 0.1) is 17.6 Å². The van der Waals surface area contributed by atoms with Crippen molar-refractivity contribution < 1.29 is 28.5 Å². The molecule has 11 heteroatoms. The number of β-amino-alcohol motifs (C(OH)–C–C–N with tert-alkyl or cyclic N) is 1. The fourth-order valence-corrected chi connectivity index (χ4v) is 9.55. The Labute approximate surface area is 291 Å². The predicted octanol–water partition coefficient (Wildman–Crippen LogP) is 6.93. The first-order valence-electron chi connectivity index (χ1n) is 18.4. The number of ether oxygens (including phenoxy) is 2. The highest BCUT2D eigenvalue weighted by Gasteiger charge is 2.50. The smallest absolute Gasteiger partial charge is 0.319 e. The number of pyridine rings is 1. The molecule has 2 N–H and O–H groups in total. The highest BCUT2D eigenvalue weighted by Crippen LogP contribution is 2.49. The van der Waals surface area contributed by atoms with Gasteiger partial charge in [-0.15, -0.1) is 0 Å². The number of benzene rings is 2. The topological polar surface area (TPSA) is 104 Å². The first kappa shape index (κ1) is 33.5. The Balaban J connectivity index is 1.21. The van der Waals surface area contributed by atoms with E-state index in [2.05, 4.69) is 9.88 Å². The van der Waals surface area contributed by atoms with Gasteiger partial charge in [0, 0.05) is 55.6 Å². The van der Waals surface area contributed by atoms with Crippen LogP contribution in [-0.4, -0.2) is 87.2 Å². The summed E-state index contributed by atoms with van der Waals surface area (Å²) in [7, 11) is 0. The number of hydrogen-bond acceptors (Lipinski definition) is 9. The van der Waals surface area contributed by atoms with E-state index in [1.54, 1.807) is 25.3 Å². The number of aryl methyl sites for hydroxylation is 1. The minimum Gasteiger partial charge on any atom is -0.508 e. The molecule has 1 aliphatic carbocycles. The second kappa shape index (κ2) is 13.1. The molecule has 9 nitrogen and oxygen atoms in total. The maximum Gasteiger partial charge on any atom is 0.319 e. The van der Waals surface area contributed by atoms with E-state index in [4.69, 9.17) is 19.4 Å². The highest BCUT2D eigenvalue weighted by atomic mass is 19.1. The standard InChI is InChI=1S/C39H47F2N5O4/c1-3-27-30(40)9-8-24-19-26(47)20-28(32(24)27)34-33(41)35-29(21-42-34)36(45-15-5-12-38(2,48)22-45)44-37(43-35)50-23-39-13-4-7-31(39)46(16-6-14-39)25-10-17-49-18-11-25/h8-9,19-21,25,31,47-48H,3-7,10-18,22-23H2,1-2H3/t31?,38-,39?/m1/s1. The van der Waals surface area contributed by atoms with Gasteiger partial charge in [-0.1, -0.05) is 19.4 Å². The molecule has 5 heterocycles. The lowest BCUT2D eigenvalue weighted by Crippen LogP contribution is -2.56. The van der Waals surface area contributed by atoms with E-state index in [0.717, 1.165) is 71.1 Å². The van der Waals surface area contributed by atoms with Gasteiger partial charge in [0.25, 0.3) is 0 Å². The summed E-state index contributed by atoms with van der Waals surface area (Å²) in [4.78, 5) is 18.9. The molecule has 2 aromatic heterocycles. The average Bonchev–Trinajstić information content (AvgIpc) is 3.55. The maximum atomic E-state index is 17.0. The van der Waals surface area contributed by atoms with Crippen LogP contribution in [0.3, 0.4) is 0 Å². The number of phenols is 1. The molecule has 4 aromatic rings. The van der Waals surface area contributed by atoms with Crippen LogP contribution in [0.1, 0.15) is 77.2 Å². The summed E-state index contributed by atoms with van der Waals surface area (Å²) < 4.78 is 44.3. The van der Waals surface area contributed by atoms with Crippen LogP contribution in [0.4, 0.5) is 14.6 Å². The van der Waals surface area contributed by atoms with Crippen LogP contribution < -0.4 is 9.64 Å². The third kappa shape index (κ3) is 5.94. The Morgan fingerprint density at radius 3 is 2.62 bits per heavy atom. The van der Waals surface area contributed by atoms with Crippen LogP contribution in [0, 0.1) is 17.0 Å². The molecule has 2 aromatic carbocycles. The molecule has 266 valence electrons. The fraction of sp³-hybridized carbons (Fsp3) is 0.564. The fourth-order valence-electron chi connectivity index (χ4n) is 9.55. The summed E-state index contributed by atoms with van der Waals surface area (Å²) in [6.07, 6.45) is 11.0. The van der Waals surface area contributed by atoms with Crippen molar-refractivity contribution in [2.45, 2.75) is 95.7 Å². The second-order valence-corrected chi connectivity index (χ2v) is 15.2. The molecule has 2 unspecified atom stereocenters. The summed E-state index contributed by atoms with van der Waals surface area (Å²) in [6.45, 7) is 7.76. The molecule has 1 saturated carbocycles. The Morgan fingerprint density at radius 2 is 1.82 bits per heavy atom. The van der Waals surface area contributed by atoms with Gasteiger partial charge < -0.3 is 24.6 Å². The number of anilines is 1. The number of aromatic nitrogens is 3. The molecule has 50 heavy (non-hydrogen) atoms. The molecular weight excluding hydrogens is 640 g/mol. The lowest BCUT2D eigenvalue weighted by atomic mass is 9.74. The monoisotopic (exact) mass is 687 g/mol. The van der Waals surface area contributed by atoms with Crippen LogP contribution in [-0.2, 0) is 11.2 Å². The zero-order valence-corrected chi connectivity index (χ0v) is 29.1. The van der Waals surface area contributed by atoms with Crippen molar-refractivity contribution in [2.24, 2.45) is 5.41 Å². The molecule has 0 radical (unpaired) electrons. The summed E-state index contributed by atoms with van der Waals surface area (Å²) in [5.41, 5.74) is -0.244. The van der Waals surface area contributed by atoms with E-state index >= 15 is 8.78 Å².